The topological polar surface area (TPSA) is 57.0 Å². The number of nitrogens with zero attached hydrogens (tertiary/aromatic N) is 1. The zero-order valence-electron chi connectivity index (χ0n) is 11.1. The maximum absolute atomic E-state index is 5.73. The van der Waals surface area contributed by atoms with Crippen molar-refractivity contribution in [3.63, 3.8) is 0 Å². The number of epoxide rings is 1. The summed E-state index contributed by atoms with van der Waals surface area (Å²) in [5.41, 5.74) is 0.975. The maximum Gasteiger partial charge on any atom is 0.254 e. The van der Waals surface area contributed by atoms with E-state index in [0.717, 1.165) is 17.9 Å². The molecule has 5 nitrogen and oxygen atoms in total. The molecule has 2 heterocycles. The summed E-state index contributed by atoms with van der Waals surface area (Å²) in [4.78, 5) is 0. The molecule has 1 unspecified atom stereocenters. The largest absolute Gasteiger partial charge is 0.490 e. The van der Waals surface area contributed by atoms with Gasteiger partial charge in [-0.15, -0.1) is 0 Å². The van der Waals surface area contributed by atoms with Crippen LogP contribution in [0.3, 0.4) is 0 Å². The number of benzene rings is 1. The molecule has 1 aromatic heterocycles. The molecule has 1 aromatic carbocycles. The van der Waals surface area contributed by atoms with Gasteiger partial charge in [-0.1, -0.05) is 18.2 Å². The van der Waals surface area contributed by atoms with E-state index in [1.165, 1.54) is 0 Å². The first-order valence-electron chi connectivity index (χ1n) is 6.37. The van der Waals surface area contributed by atoms with Gasteiger partial charge in [0.1, 0.15) is 18.5 Å². The molecule has 0 radical (unpaired) electrons. The Bertz CT molecular complexity index is 601. The fourth-order valence-electron chi connectivity index (χ4n) is 1.72. The van der Waals surface area contributed by atoms with Crippen LogP contribution in [0.5, 0.6) is 11.6 Å². The Morgan fingerprint density at radius 2 is 2.20 bits per heavy atom. The third-order valence-electron chi connectivity index (χ3n) is 2.89. The van der Waals surface area contributed by atoms with Crippen LogP contribution in [-0.4, -0.2) is 31.6 Å². The van der Waals surface area contributed by atoms with E-state index < -0.39 is 0 Å². The van der Waals surface area contributed by atoms with Crippen molar-refractivity contribution < 1.29 is 18.7 Å². The van der Waals surface area contributed by atoms with Gasteiger partial charge in [0.05, 0.1) is 13.7 Å². The summed E-state index contributed by atoms with van der Waals surface area (Å²) in [5, 5.41) is 3.74. The van der Waals surface area contributed by atoms with E-state index >= 15 is 0 Å². The van der Waals surface area contributed by atoms with Gasteiger partial charge in [0.2, 0.25) is 0 Å². The van der Waals surface area contributed by atoms with Gasteiger partial charge < -0.3 is 18.7 Å². The Hall–Kier alpha value is -2.27. The van der Waals surface area contributed by atoms with Crippen LogP contribution in [0.1, 0.15) is 11.3 Å². The van der Waals surface area contributed by atoms with E-state index in [1.54, 1.807) is 13.2 Å². The SMILES string of the molecule is COc1cc(/C=C\c2ccccc2OCC2CO2)on1. The minimum absolute atomic E-state index is 0.241. The maximum atomic E-state index is 5.73. The Morgan fingerprint density at radius 1 is 1.35 bits per heavy atom. The van der Waals surface area contributed by atoms with Gasteiger partial charge in [-0.25, -0.2) is 0 Å². The van der Waals surface area contributed by atoms with Crippen molar-refractivity contribution >= 4 is 12.2 Å². The van der Waals surface area contributed by atoms with Gasteiger partial charge >= 0.3 is 0 Å². The predicted molar refractivity (Wildman–Crippen MR) is 73.7 cm³/mol. The zero-order valence-corrected chi connectivity index (χ0v) is 11.1. The van der Waals surface area contributed by atoms with Crippen LogP contribution in [0, 0.1) is 0 Å². The van der Waals surface area contributed by atoms with Crippen LogP contribution in [-0.2, 0) is 4.74 Å². The molecule has 1 fully saturated rings. The van der Waals surface area contributed by atoms with E-state index in [0.29, 0.717) is 18.2 Å². The highest BCUT2D eigenvalue weighted by Gasteiger charge is 2.23. The van der Waals surface area contributed by atoms with E-state index in [4.69, 9.17) is 18.7 Å². The van der Waals surface area contributed by atoms with Crippen LogP contribution >= 0.6 is 0 Å². The Morgan fingerprint density at radius 3 is 2.95 bits per heavy atom. The molecule has 3 rings (SSSR count). The average molecular weight is 273 g/mol. The number of rotatable bonds is 6. The van der Waals surface area contributed by atoms with Crippen molar-refractivity contribution in [1.29, 1.82) is 0 Å². The molecular weight excluding hydrogens is 258 g/mol. The molecule has 1 atom stereocenters. The highest BCUT2D eigenvalue weighted by Crippen LogP contribution is 2.23. The lowest BCUT2D eigenvalue weighted by molar-refractivity contribution is 0.262. The summed E-state index contributed by atoms with van der Waals surface area (Å²) in [6.07, 6.45) is 3.99. The van der Waals surface area contributed by atoms with E-state index in [9.17, 15) is 0 Å². The highest BCUT2D eigenvalue weighted by atomic mass is 16.6. The summed E-state index contributed by atoms with van der Waals surface area (Å²) in [5.74, 6) is 1.91. The molecule has 0 N–H and O–H groups in total. The van der Waals surface area contributed by atoms with Gasteiger partial charge in [0.25, 0.3) is 5.88 Å². The van der Waals surface area contributed by atoms with Crippen molar-refractivity contribution in [2.24, 2.45) is 0 Å². The third-order valence-corrected chi connectivity index (χ3v) is 2.89. The predicted octanol–water partition coefficient (Wildman–Crippen LogP) is 2.63. The lowest BCUT2D eigenvalue weighted by atomic mass is 10.2. The van der Waals surface area contributed by atoms with Crippen LogP contribution in [0.25, 0.3) is 12.2 Å². The van der Waals surface area contributed by atoms with Crippen molar-refractivity contribution in [3.8, 4) is 11.6 Å². The molecule has 0 saturated carbocycles. The molecular formula is C15H15NO4. The molecule has 20 heavy (non-hydrogen) atoms. The Kier molecular flexibility index (Phi) is 3.69. The van der Waals surface area contributed by atoms with Crippen LogP contribution in [0.2, 0.25) is 0 Å². The molecule has 1 saturated heterocycles. The first-order chi connectivity index (χ1) is 9.85. The fourth-order valence-corrected chi connectivity index (χ4v) is 1.72. The fraction of sp³-hybridized carbons (Fsp3) is 0.267. The quantitative estimate of drug-likeness (QED) is 0.757. The molecule has 104 valence electrons. The van der Waals surface area contributed by atoms with Crippen molar-refractivity contribution in [1.82, 2.24) is 5.16 Å². The second-order valence-corrected chi connectivity index (χ2v) is 4.41. The molecule has 0 bridgehead atoms. The van der Waals surface area contributed by atoms with Crippen molar-refractivity contribution in [2.45, 2.75) is 6.10 Å². The summed E-state index contributed by atoms with van der Waals surface area (Å²) in [6, 6.07) is 9.53. The number of methoxy groups -OCH3 is 1. The summed E-state index contributed by atoms with van der Waals surface area (Å²) >= 11 is 0. The molecule has 0 spiro atoms. The second kappa shape index (κ2) is 5.79. The number of para-hydroxylation sites is 1. The summed E-state index contributed by atoms with van der Waals surface area (Å²) in [7, 11) is 1.55. The molecule has 5 heteroatoms. The normalized spacial score (nSPS) is 17.4. The van der Waals surface area contributed by atoms with Gasteiger partial charge in [-0.05, 0) is 23.4 Å². The number of hydrogen-bond acceptors (Lipinski definition) is 5. The summed E-state index contributed by atoms with van der Waals surface area (Å²) < 4.78 is 20.9. The van der Waals surface area contributed by atoms with Gasteiger partial charge in [-0.3, -0.25) is 0 Å². The molecule has 0 amide bonds. The Balaban J connectivity index is 1.71. The van der Waals surface area contributed by atoms with Gasteiger partial charge in [-0.2, -0.15) is 0 Å². The molecule has 2 aromatic rings. The van der Waals surface area contributed by atoms with E-state index in [-0.39, 0.29) is 6.10 Å². The monoisotopic (exact) mass is 273 g/mol. The van der Waals surface area contributed by atoms with E-state index in [2.05, 4.69) is 5.16 Å². The van der Waals surface area contributed by atoms with Crippen LogP contribution in [0.15, 0.2) is 34.9 Å². The minimum Gasteiger partial charge on any atom is -0.490 e. The number of ether oxygens (including phenoxy) is 3. The van der Waals surface area contributed by atoms with Gasteiger partial charge in [0.15, 0.2) is 5.76 Å². The van der Waals surface area contributed by atoms with Crippen molar-refractivity contribution in [2.75, 3.05) is 20.3 Å². The standard InChI is InChI=1S/C15H15NO4/c1-17-15-8-12(20-16-15)7-6-11-4-2-3-5-14(11)19-10-13-9-18-13/h2-8,13H,9-10H2,1H3/b7-6-. The molecule has 0 aliphatic carbocycles. The lowest BCUT2D eigenvalue weighted by Crippen LogP contribution is -2.04. The molecule has 1 aliphatic rings. The third kappa shape index (κ3) is 3.19. The second-order valence-electron chi connectivity index (χ2n) is 4.41. The minimum atomic E-state index is 0.241. The first kappa shape index (κ1) is 12.7. The average Bonchev–Trinajstić information content (AvgIpc) is 3.20. The Labute approximate surface area is 116 Å². The highest BCUT2D eigenvalue weighted by molar-refractivity contribution is 5.70. The van der Waals surface area contributed by atoms with Crippen LogP contribution in [0.4, 0.5) is 0 Å². The lowest BCUT2D eigenvalue weighted by Gasteiger charge is -2.07. The first-order valence-corrected chi connectivity index (χ1v) is 6.37. The smallest absolute Gasteiger partial charge is 0.254 e. The van der Waals surface area contributed by atoms with Gasteiger partial charge in [0, 0.05) is 11.6 Å². The van der Waals surface area contributed by atoms with E-state index in [1.807, 2.05) is 36.4 Å². The van der Waals surface area contributed by atoms with Crippen LogP contribution < -0.4 is 9.47 Å². The number of hydrogen-bond donors (Lipinski definition) is 0. The summed E-state index contributed by atoms with van der Waals surface area (Å²) in [6.45, 7) is 1.37. The zero-order chi connectivity index (χ0) is 13.8. The number of aromatic nitrogens is 1. The van der Waals surface area contributed by atoms with Crippen molar-refractivity contribution in [3.05, 3.63) is 41.7 Å². The molecule has 1 aliphatic heterocycles.